The number of hydrogen-bond donors (Lipinski definition) is 1. The average molecular weight is 317 g/mol. The van der Waals surface area contributed by atoms with Gasteiger partial charge in [-0.25, -0.2) is 17.8 Å². The number of sulfonamides is 1. The molecule has 10 heteroatoms. The van der Waals surface area contributed by atoms with Gasteiger partial charge in [0.1, 0.15) is 6.33 Å². The van der Waals surface area contributed by atoms with E-state index in [-0.39, 0.29) is 21.6 Å². The predicted molar refractivity (Wildman–Crippen MR) is 74.5 cm³/mol. The first-order chi connectivity index (χ1) is 9.24. The molecule has 0 bridgehead atoms. The van der Waals surface area contributed by atoms with E-state index in [2.05, 4.69) is 19.2 Å². The van der Waals surface area contributed by atoms with E-state index in [1.807, 2.05) is 20.8 Å². The van der Waals surface area contributed by atoms with Crippen LogP contribution in [-0.2, 0) is 15.6 Å². The highest BCUT2D eigenvalue weighted by Crippen LogP contribution is 2.24. The second kappa shape index (κ2) is 5.02. The summed E-state index contributed by atoms with van der Waals surface area (Å²) in [6.45, 7) is 5.69. The van der Waals surface area contributed by atoms with E-state index in [0.717, 1.165) is 11.5 Å². The lowest BCUT2D eigenvalue weighted by molar-refractivity contribution is 0.361. The van der Waals surface area contributed by atoms with Crippen molar-refractivity contribution in [2.75, 3.05) is 11.8 Å². The number of rotatable bonds is 4. The summed E-state index contributed by atoms with van der Waals surface area (Å²) in [6, 6.07) is 1.35. The quantitative estimate of drug-likeness (QED) is 0.912. The molecule has 0 spiro atoms. The van der Waals surface area contributed by atoms with Gasteiger partial charge < -0.3 is 4.74 Å². The number of nitrogens with zero attached hydrogens (tertiary/aromatic N) is 4. The normalized spacial score (nSPS) is 12.4. The number of nitrogens with one attached hydrogen (secondary N) is 1. The van der Waals surface area contributed by atoms with Gasteiger partial charge >= 0.3 is 0 Å². The standard InChI is InChI=1S/C10H15N5O3S2/c1-10(2,3)15-9(11-6-12-15)14-20(16,17)8-5-7(18-4)13-19-8/h5-6H,1-4H3,(H,11,12,14). The summed E-state index contributed by atoms with van der Waals surface area (Å²) < 4.78 is 37.2. The van der Waals surface area contributed by atoms with Gasteiger partial charge in [-0.05, 0) is 32.3 Å². The van der Waals surface area contributed by atoms with Crippen molar-refractivity contribution in [3.8, 4) is 5.88 Å². The maximum absolute atomic E-state index is 12.2. The van der Waals surface area contributed by atoms with Crippen LogP contribution in [0.2, 0.25) is 0 Å². The molecule has 0 atom stereocenters. The zero-order chi connectivity index (χ0) is 15.0. The molecular formula is C10H15N5O3S2. The Bertz CT molecular complexity index is 699. The van der Waals surface area contributed by atoms with Crippen LogP contribution < -0.4 is 9.46 Å². The molecule has 0 aliphatic heterocycles. The van der Waals surface area contributed by atoms with Gasteiger partial charge in [-0.2, -0.15) is 14.5 Å². The van der Waals surface area contributed by atoms with Gasteiger partial charge in [0.25, 0.3) is 10.0 Å². The van der Waals surface area contributed by atoms with Crippen LogP contribution in [0.25, 0.3) is 0 Å². The second-order valence-corrected chi connectivity index (χ2v) is 7.67. The lowest BCUT2D eigenvalue weighted by Gasteiger charge is -2.21. The van der Waals surface area contributed by atoms with Crippen molar-refractivity contribution in [1.82, 2.24) is 19.1 Å². The van der Waals surface area contributed by atoms with Gasteiger partial charge in [0.2, 0.25) is 11.8 Å². The predicted octanol–water partition coefficient (Wildman–Crippen LogP) is 1.30. The average Bonchev–Trinajstić information content (AvgIpc) is 2.94. The van der Waals surface area contributed by atoms with Crippen molar-refractivity contribution in [2.45, 2.75) is 30.5 Å². The highest BCUT2D eigenvalue weighted by molar-refractivity contribution is 7.94. The molecule has 20 heavy (non-hydrogen) atoms. The first-order valence-corrected chi connectivity index (χ1v) is 7.94. The number of hydrogen-bond acceptors (Lipinski definition) is 7. The molecule has 2 aromatic rings. The van der Waals surface area contributed by atoms with Crippen LogP contribution in [0.5, 0.6) is 5.88 Å². The van der Waals surface area contributed by atoms with Crippen molar-refractivity contribution in [3.05, 3.63) is 12.4 Å². The fourth-order valence-electron chi connectivity index (χ4n) is 1.44. The Balaban J connectivity index is 2.32. The number of aromatic nitrogens is 4. The minimum absolute atomic E-state index is 0.0535. The zero-order valence-electron chi connectivity index (χ0n) is 11.5. The van der Waals surface area contributed by atoms with Crippen molar-refractivity contribution in [2.24, 2.45) is 0 Å². The van der Waals surface area contributed by atoms with Crippen molar-refractivity contribution >= 4 is 27.5 Å². The third-order valence-corrected chi connectivity index (χ3v) is 4.90. The van der Waals surface area contributed by atoms with Crippen molar-refractivity contribution < 1.29 is 13.2 Å². The first-order valence-electron chi connectivity index (χ1n) is 5.68. The highest BCUT2D eigenvalue weighted by atomic mass is 32.2. The van der Waals surface area contributed by atoms with E-state index >= 15 is 0 Å². The molecule has 0 aliphatic carbocycles. The molecule has 0 saturated carbocycles. The van der Waals surface area contributed by atoms with E-state index in [9.17, 15) is 8.42 Å². The van der Waals surface area contributed by atoms with Gasteiger partial charge in [-0.1, -0.05) is 0 Å². The minimum atomic E-state index is -3.75. The maximum Gasteiger partial charge on any atom is 0.275 e. The summed E-state index contributed by atoms with van der Waals surface area (Å²) >= 11 is 0.833. The molecule has 8 nitrogen and oxygen atoms in total. The lowest BCUT2D eigenvalue weighted by Crippen LogP contribution is -2.27. The van der Waals surface area contributed by atoms with Crippen LogP contribution in [0.3, 0.4) is 0 Å². The molecule has 2 rings (SSSR count). The summed E-state index contributed by atoms with van der Waals surface area (Å²) in [5, 5.41) is 4.03. The Kier molecular flexibility index (Phi) is 3.69. The van der Waals surface area contributed by atoms with Crippen LogP contribution in [0.15, 0.2) is 16.6 Å². The molecule has 1 N–H and O–H groups in total. The van der Waals surface area contributed by atoms with Gasteiger partial charge in [0.05, 0.1) is 12.6 Å². The molecular weight excluding hydrogens is 302 g/mol. The lowest BCUT2D eigenvalue weighted by atomic mass is 10.1. The van der Waals surface area contributed by atoms with Crippen LogP contribution in [0, 0.1) is 0 Å². The molecule has 0 radical (unpaired) electrons. The number of anilines is 1. The third-order valence-electron chi connectivity index (χ3n) is 2.35. The third kappa shape index (κ3) is 2.90. The van der Waals surface area contributed by atoms with Crippen LogP contribution in [0.1, 0.15) is 20.8 Å². The Hall–Kier alpha value is -1.68. The molecule has 0 amide bonds. The topological polar surface area (TPSA) is 99.0 Å². The van der Waals surface area contributed by atoms with Gasteiger partial charge in [0.15, 0.2) is 4.21 Å². The van der Waals surface area contributed by atoms with E-state index in [0.29, 0.717) is 0 Å². The maximum atomic E-state index is 12.2. The Morgan fingerprint density at radius 2 is 2.10 bits per heavy atom. The SMILES string of the molecule is COc1cc(S(=O)(=O)Nc2ncnn2C(C)(C)C)sn1. The van der Waals surface area contributed by atoms with E-state index in [1.54, 1.807) is 0 Å². The summed E-state index contributed by atoms with van der Waals surface area (Å²) in [7, 11) is -2.33. The Morgan fingerprint density at radius 3 is 2.65 bits per heavy atom. The smallest absolute Gasteiger partial charge is 0.275 e. The fraction of sp³-hybridized carbons (Fsp3) is 0.500. The highest BCUT2D eigenvalue weighted by Gasteiger charge is 2.24. The van der Waals surface area contributed by atoms with E-state index < -0.39 is 10.0 Å². The van der Waals surface area contributed by atoms with Gasteiger partial charge in [-0.15, -0.1) is 0 Å². The van der Waals surface area contributed by atoms with Gasteiger partial charge in [0, 0.05) is 6.07 Å². The molecule has 2 aromatic heterocycles. The molecule has 0 saturated heterocycles. The second-order valence-electron chi connectivity index (χ2n) is 4.96. The summed E-state index contributed by atoms with van der Waals surface area (Å²) in [4.78, 5) is 3.93. The first kappa shape index (κ1) is 14.7. The van der Waals surface area contributed by atoms with Crippen molar-refractivity contribution in [3.63, 3.8) is 0 Å². The largest absolute Gasteiger partial charge is 0.480 e. The Labute approximate surface area is 121 Å². The molecule has 110 valence electrons. The summed E-state index contributed by atoms with van der Waals surface area (Å²) in [6.07, 6.45) is 1.30. The molecule has 2 heterocycles. The zero-order valence-corrected chi connectivity index (χ0v) is 13.1. The molecule has 0 unspecified atom stereocenters. The van der Waals surface area contributed by atoms with E-state index in [1.165, 1.54) is 24.2 Å². The molecule has 0 aliphatic rings. The Morgan fingerprint density at radius 1 is 1.40 bits per heavy atom. The van der Waals surface area contributed by atoms with E-state index in [4.69, 9.17) is 4.74 Å². The molecule has 0 aromatic carbocycles. The summed E-state index contributed by atoms with van der Waals surface area (Å²) in [5.74, 6) is 0.414. The van der Waals surface area contributed by atoms with Crippen molar-refractivity contribution in [1.29, 1.82) is 0 Å². The monoisotopic (exact) mass is 317 g/mol. The minimum Gasteiger partial charge on any atom is -0.480 e. The van der Waals surface area contributed by atoms with Crippen LogP contribution in [0.4, 0.5) is 5.95 Å². The molecule has 0 fully saturated rings. The summed E-state index contributed by atoms with van der Waals surface area (Å²) in [5.41, 5.74) is -0.389. The number of methoxy groups -OCH3 is 1. The van der Waals surface area contributed by atoms with Crippen LogP contribution >= 0.6 is 11.5 Å². The van der Waals surface area contributed by atoms with Gasteiger partial charge in [-0.3, -0.25) is 0 Å². The fourth-order valence-corrected chi connectivity index (χ4v) is 3.26. The van der Waals surface area contributed by atoms with Crippen LogP contribution in [-0.4, -0.2) is 34.7 Å². The number of ether oxygens (including phenoxy) is 1.